The van der Waals surface area contributed by atoms with Crippen molar-refractivity contribution >= 4 is 23.5 Å². The van der Waals surface area contributed by atoms with Crippen molar-refractivity contribution in [2.24, 2.45) is 21.7 Å². The van der Waals surface area contributed by atoms with Crippen molar-refractivity contribution in [2.45, 2.75) is 39.7 Å². The van der Waals surface area contributed by atoms with Gasteiger partial charge in [-0.3, -0.25) is 9.59 Å². The summed E-state index contributed by atoms with van der Waals surface area (Å²) in [5.41, 5.74) is 14.8. The summed E-state index contributed by atoms with van der Waals surface area (Å²) >= 11 is 0. The Labute approximate surface area is 218 Å². The van der Waals surface area contributed by atoms with Crippen molar-refractivity contribution < 1.29 is 19.1 Å². The molecule has 37 heavy (non-hydrogen) atoms. The third-order valence-electron chi connectivity index (χ3n) is 5.19. The van der Waals surface area contributed by atoms with E-state index in [2.05, 4.69) is 27.8 Å². The highest BCUT2D eigenvalue weighted by atomic mass is 16.5. The third kappa shape index (κ3) is 12.2. The molecule has 0 saturated heterocycles. The molecule has 0 saturated carbocycles. The van der Waals surface area contributed by atoms with Crippen molar-refractivity contribution in [3.63, 3.8) is 0 Å². The van der Waals surface area contributed by atoms with Crippen LogP contribution in [0.25, 0.3) is 0 Å². The fourth-order valence-electron chi connectivity index (χ4n) is 3.21. The van der Waals surface area contributed by atoms with E-state index in [0.29, 0.717) is 50.9 Å². The first-order valence-electron chi connectivity index (χ1n) is 12.4. The van der Waals surface area contributed by atoms with Crippen LogP contribution in [0.2, 0.25) is 0 Å². The molecule has 2 rings (SSSR count). The lowest BCUT2D eigenvalue weighted by atomic mass is 10.1. The van der Waals surface area contributed by atoms with E-state index in [-0.39, 0.29) is 24.1 Å². The molecule has 0 aromatic heterocycles. The summed E-state index contributed by atoms with van der Waals surface area (Å²) in [5, 5.41) is 13.3. The molecule has 0 fully saturated rings. The summed E-state index contributed by atoms with van der Waals surface area (Å²) < 4.78 is 10.9. The van der Waals surface area contributed by atoms with Gasteiger partial charge in [-0.1, -0.05) is 49.7 Å². The first kappa shape index (κ1) is 29.5. The van der Waals surface area contributed by atoms with Gasteiger partial charge in [0.1, 0.15) is 5.84 Å². The molecule has 0 aliphatic heterocycles. The minimum Gasteiger partial charge on any atom is -0.386 e. The molecule has 0 spiro atoms. The molecule has 0 aliphatic rings. The van der Waals surface area contributed by atoms with E-state index in [1.165, 1.54) is 5.56 Å². The lowest BCUT2D eigenvalue weighted by Gasteiger charge is -2.09. The van der Waals surface area contributed by atoms with Crippen LogP contribution in [0, 0.1) is 0 Å². The lowest BCUT2D eigenvalue weighted by Crippen LogP contribution is -2.27. The van der Waals surface area contributed by atoms with Crippen molar-refractivity contribution in [1.82, 2.24) is 10.6 Å². The number of rotatable bonds is 16. The van der Waals surface area contributed by atoms with E-state index >= 15 is 0 Å². The number of benzene rings is 2. The minimum absolute atomic E-state index is 0.107. The van der Waals surface area contributed by atoms with E-state index < -0.39 is 0 Å². The molecule has 0 atom stereocenters. The molecular weight excluding hydrogens is 472 g/mol. The summed E-state index contributed by atoms with van der Waals surface area (Å²) in [6, 6.07) is 15.0. The van der Waals surface area contributed by atoms with E-state index in [0.717, 1.165) is 24.0 Å². The molecule has 10 heteroatoms. The monoisotopic (exact) mass is 510 g/mol. The fraction of sp³-hybridized carbons (Fsp3) is 0.407. The molecule has 2 aromatic carbocycles. The summed E-state index contributed by atoms with van der Waals surface area (Å²) in [7, 11) is 0. The van der Waals surface area contributed by atoms with Crippen molar-refractivity contribution in [3.8, 4) is 0 Å². The number of hydrogen-bond donors (Lipinski definition) is 4. The number of nitrogens with two attached hydrogens (primary N) is 2. The Hall–Kier alpha value is -3.76. The maximum atomic E-state index is 12.1. The van der Waals surface area contributed by atoms with Gasteiger partial charge in [0, 0.05) is 30.6 Å². The average Bonchev–Trinajstić information content (AvgIpc) is 2.90. The zero-order valence-corrected chi connectivity index (χ0v) is 21.7. The standard InChI is InChI=1S/C27H38N6O4/c1-3-4-21-5-11-24(12-6-21)27(35)30-14-16-37-18-17-36-15-13-25(34)31-19-22-7-9-23(10-8-22)26(29)33-32-20(2)28/h5-12H,3-4,13-19H2,1-2H3,(H2,28,32)(H2,29,33)(H,30,35)(H,31,34). The molecule has 0 unspecified atom stereocenters. The van der Waals surface area contributed by atoms with Gasteiger partial charge in [-0.05, 0) is 36.6 Å². The molecular formula is C27H38N6O4. The van der Waals surface area contributed by atoms with Gasteiger partial charge in [-0.2, -0.15) is 0 Å². The van der Waals surface area contributed by atoms with Crippen LogP contribution >= 0.6 is 0 Å². The second-order valence-electron chi connectivity index (χ2n) is 8.38. The summed E-state index contributed by atoms with van der Waals surface area (Å²) in [4.78, 5) is 24.2. The van der Waals surface area contributed by atoms with Gasteiger partial charge in [0.05, 0.1) is 26.4 Å². The molecule has 0 bridgehead atoms. The highest BCUT2D eigenvalue weighted by molar-refractivity contribution is 5.97. The van der Waals surface area contributed by atoms with Crippen LogP contribution in [0.15, 0.2) is 58.7 Å². The number of ether oxygens (including phenoxy) is 2. The predicted octanol–water partition coefficient (Wildman–Crippen LogP) is 2.11. The van der Waals surface area contributed by atoms with E-state index in [1.54, 1.807) is 19.1 Å². The summed E-state index contributed by atoms with van der Waals surface area (Å²) in [5.74, 6) is 0.364. The molecule has 2 amide bonds. The highest BCUT2D eigenvalue weighted by Gasteiger charge is 2.05. The van der Waals surface area contributed by atoms with Gasteiger partial charge in [0.25, 0.3) is 5.91 Å². The first-order valence-corrected chi connectivity index (χ1v) is 12.4. The van der Waals surface area contributed by atoms with Gasteiger partial charge < -0.3 is 31.6 Å². The number of nitrogens with one attached hydrogen (secondary N) is 2. The predicted molar refractivity (Wildman–Crippen MR) is 145 cm³/mol. The Morgan fingerprint density at radius 3 is 2.08 bits per heavy atom. The van der Waals surface area contributed by atoms with Crippen molar-refractivity contribution in [1.29, 1.82) is 0 Å². The number of carbonyl (C=O) groups excluding carboxylic acids is 2. The van der Waals surface area contributed by atoms with Crippen LogP contribution in [0.5, 0.6) is 0 Å². The van der Waals surface area contributed by atoms with E-state index in [9.17, 15) is 9.59 Å². The molecule has 0 radical (unpaired) electrons. The van der Waals surface area contributed by atoms with Crippen molar-refractivity contribution in [3.05, 3.63) is 70.8 Å². The SMILES string of the molecule is CCCc1ccc(C(=O)NCCOCCOCCC(=O)NCc2ccc(/C(N)=N/N=C(/C)N)cc2)cc1. The smallest absolute Gasteiger partial charge is 0.251 e. The average molecular weight is 511 g/mol. The number of amides is 2. The molecule has 10 nitrogen and oxygen atoms in total. The van der Waals surface area contributed by atoms with Crippen LogP contribution in [-0.2, 0) is 27.2 Å². The topological polar surface area (TPSA) is 153 Å². The van der Waals surface area contributed by atoms with Gasteiger partial charge >= 0.3 is 0 Å². The Balaban J connectivity index is 1.50. The second kappa shape index (κ2) is 16.8. The Morgan fingerprint density at radius 2 is 1.43 bits per heavy atom. The molecule has 2 aromatic rings. The van der Waals surface area contributed by atoms with E-state index in [4.69, 9.17) is 20.9 Å². The first-order chi connectivity index (χ1) is 17.9. The maximum Gasteiger partial charge on any atom is 0.251 e. The number of hydrogen-bond acceptors (Lipinski definition) is 6. The zero-order chi connectivity index (χ0) is 26.9. The molecule has 200 valence electrons. The fourth-order valence-corrected chi connectivity index (χ4v) is 3.21. The normalized spacial score (nSPS) is 11.8. The molecule has 0 heterocycles. The summed E-state index contributed by atoms with van der Waals surface area (Å²) in [6.07, 6.45) is 2.34. The van der Waals surface area contributed by atoms with Crippen LogP contribution < -0.4 is 22.1 Å². The Kier molecular flexibility index (Phi) is 13.4. The van der Waals surface area contributed by atoms with Gasteiger partial charge in [0.15, 0.2) is 5.84 Å². The lowest BCUT2D eigenvalue weighted by molar-refractivity contribution is -0.122. The quantitative estimate of drug-likeness (QED) is 0.117. The van der Waals surface area contributed by atoms with Crippen LogP contribution in [-0.4, -0.2) is 56.5 Å². The summed E-state index contributed by atoms with van der Waals surface area (Å²) in [6.45, 7) is 6.01. The number of carbonyl (C=O) groups is 2. The Morgan fingerprint density at radius 1 is 0.811 bits per heavy atom. The highest BCUT2D eigenvalue weighted by Crippen LogP contribution is 2.07. The van der Waals surface area contributed by atoms with Gasteiger partial charge in [-0.15, -0.1) is 10.2 Å². The molecule has 6 N–H and O–H groups in total. The maximum absolute atomic E-state index is 12.1. The zero-order valence-electron chi connectivity index (χ0n) is 21.7. The third-order valence-corrected chi connectivity index (χ3v) is 5.19. The van der Waals surface area contributed by atoms with Crippen LogP contribution in [0.3, 0.4) is 0 Å². The van der Waals surface area contributed by atoms with Crippen molar-refractivity contribution in [2.75, 3.05) is 33.0 Å². The Bertz CT molecular complexity index is 1030. The van der Waals surface area contributed by atoms with E-state index in [1.807, 2.05) is 36.4 Å². The van der Waals surface area contributed by atoms with Gasteiger partial charge in [-0.25, -0.2) is 0 Å². The van der Waals surface area contributed by atoms with Gasteiger partial charge in [0.2, 0.25) is 5.91 Å². The van der Waals surface area contributed by atoms with Crippen LogP contribution in [0.4, 0.5) is 0 Å². The largest absolute Gasteiger partial charge is 0.386 e. The number of aryl methyl sites for hydroxylation is 1. The van der Waals surface area contributed by atoms with Crippen LogP contribution in [0.1, 0.15) is 53.7 Å². The minimum atomic E-state index is -0.116. The second-order valence-corrected chi connectivity index (χ2v) is 8.38. The number of amidine groups is 2. The molecule has 0 aliphatic carbocycles. The number of nitrogens with zero attached hydrogens (tertiary/aromatic N) is 2.